The fourth-order valence-corrected chi connectivity index (χ4v) is 4.01. The minimum absolute atomic E-state index is 0.0534. The van der Waals surface area contributed by atoms with Crippen molar-refractivity contribution in [1.29, 1.82) is 0 Å². The van der Waals surface area contributed by atoms with Crippen molar-refractivity contribution in [2.45, 2.75) is 5.03 Å². The monoisotopic (exact) mass is 434 g/mol. The summed E-state index contributed by atoms with van der Waals surface area (Å²) in [5.74, 6) is -2.00. The number of anilines is 1. The van der Waals surface area contributed by atoms with Crippen molar-refractivity contribution in [2.75, 3.05) is 25.6 Å². The molecule has 15 heteroatoms. The normalized spacial score (nSPS) is 11.0. The summed E-state index contributed by atoms with van der Waals surface area (Å²) in [7, 11) is -0.142. The maximum Gasteiger partial charge on any atom is 0.344 e. The molecule has 2 aromatic heterocycles. The molecule has 0 saturated heterocycles. The van der Waals surface area contributed by atoms with Gasteiger partial charge in [-0.3, -0.25) is 4.68 Å². The number of amides is 2. The molecule has 0 radical (unpaired) electrons. The van der Waals surface area contributed by atoms with E-state index in [1.165, 1.54) is 27.3 Å². The Labute approximate surface area is 164 Å². The highest BCUT2D eigenvalue weighted by Gasteiger charge is 2.40. The number of primary amides is 1. The van der Waals surface area contributed by atoms with Gasteiger partial charge in [-0.05, 0) is 0 Å². The van der Waals surface area contributed by atoms with Gasteiger partial charge in [-0.1, -0.05) is 11.6 Å². The molecule has 0 saturated carbocycles. The molecule has 2 aromatic rings. The number of carbonyl (C=O) groups excluding carboxylic acids is 2. The lowest BCUT2D eigenvalue weighted by Gasteiger charge is -2.19. The second kappa shape index (κ2) is 7.85. The van der Waals surface area contributed by atoms with Gasteiger partial charge in [-0.2, -0.15) is 23.5 Å². The Morgan fingerprint density at radius 1 is 1.18 bits per heavy atom. The van der Waals surface area contributed by atoms with E-state index in [2.05, 4.69) is 19.8 Å². The number of aromatic nitrogens is 4. The number of aryl methyl sites for hydroxylation is 1. The zero-order chi connectivity index (χ0) is 21.2. The van der Waals surface area contributed by atoms with E-state index < -0.39 is 43.7 Å². The number of carbonyl (C=O) groups is 2. The van der Waals surface area contributed by atoms with Crippen molar-refractivity contribution in [3.8, 4) is 11.8 Å². The molecule has 0 aliphatic heterocycles. The van der Waals surface area contributed by atoms with Gasteiger partial charge in [0.25, 0.3) is 16.0 Å². The number of nitrogens with zero attached hydrogens (tertiary/aromatic N) is 5. The van der Waals surface area contributed by atoms with Gasteiger partial charge in [0, 0.05) is 7.05 Å². The van der Waals surface area contributed by atoms with Crippen LogP contribution in [0.25, 0.3) is 0 Å². The maximum absolute atomic E-state index is 13.2. The van der Waals surface area contributed by atoms with Crippen LogP contribution in [-0.2, 0) is 21.8 Å². The number of esters is 1. The van der Waals surface area contributed by atoms with Crippen molar-refractivity contribution >= 4 is 39.6 Å². The van der Waals surface area contributed by atoms with Crippen LogP contribution in [0.1, 0.15) is 10.4 Å². The number of sulfonamides is 1. The van der Waals surface area contributed by atoms with E-state index in [1.807, 2.05) is 0 Å². The summed E-state index contributed by atoms with van der Waals surface area (Å²) < 4.78 is 41.6. The van der Waals surface area contributed by atoms with Crippen LogP contribution >= 0.6 is 11.6 Å². The van der Waals surface area contributed by atoms with Gasteiger partial charge >= 0.3 is 12.0 Å². The first-order chi connectivity index (χ1) is 13.1. The van der Waals surface area contributed by atoms with Gasteiger partial charge in [-0.15, -0.1) is 4.31 Å². The van der Waals surface area contributed by atoms with Crippen molar-refractivity contribution in [3.63, 3.8) is 0 Å². The van der Waals surface area contributed by atoms with Crippen LogP contribution in [0.5, 0.6) is 11.8 Å². The first-order valence-electron chi connectivity index (χ1n) is 7.21. The molecule has 13 nitrogen and oxygen atoms in total. The number of urea groups is 1. The third-order valence-electron chi connectivity index (χ3n) is 3.29. The Balaban J connectivity index is 2.79. The lowest BCUT2D eigenvalue weighted by atomic mass is 10.4. The van der Waals surface area contributed by atoms with Crippen molar-refractivity contribution < 1.29 is 32.2 Å². The molecule has 152 valence electrons. The van der Waals surface area contributed by atoms with E-state index in [-0.39, 0.29) is 16.1 Å². The minimum atomic E-state index is -4.86. The summed E-state index contributed by atoms with van der Waals surface area (Å²) in [4.78, 5) is 31.6. The second-order valence-electron chi connectivity index (χ2n) is 4.95. The average molecular weight is 435 g/mol. The SMILES string of the molecule is COC(=O)c1c(Cl)nn(C)c1S(=O)(=O)N(C(N)=O)c1nc(OC)cc(OC)n1. The minimum Gasteiger partial charge on any atom is -0.481 e. The lowest BCUT2D eigenvalue weighted by Crippen LogP contribution is -2.43. The summed E-state index contributed by atoms with van der Waals surface area (Å²) in [6, 6.07) is -0.223. The fraction of sp³-hybridized carbons (Fsp3) is 0.308. The first-order valence-corrected chi connectivity index (χ1v) is 9.02. The molecule has 0 aliphatic carbocycles. The summed E-state index contributed by atoms with van der Waals surface area (Å²) in [6.45, 7) is 0. The molecule has 2 amide bonds. The molecule has 2 N–H and O–H groups in total. The molecule has 0 bridgehead atoms. The summed E-state index contributed by atoms with van der Waals surface area (Å²) in [5.41, 5.74) is 4.67. The predicted molar refractivity (Wildman–Crippen MR) is 93.9 cm³/mol. The quantitative estimate of drug-likeness (QED) is 0.607. The van der Waals surface area contributed by atoms with E-state index in [0.29, 0.717) is 0 Å². The highest BCUT2D eigenvalue weighted by molar-refractivity contribution is 7.93. The molecule has 0 aliphatic rings. The van der Waals surface area contributed by atoms with Crippen LogP contribution in [0.2, 0.25) is 5.15 Å². The van der Waals surface area contributed by atoms with Gasteiger partial charge in [0.1, 0.15) is 5.56 Å². The third kappa shape index (κ3) is 3.63. The Morgan fingerprint density at radius 3 is 2.14 bits per heavy atom. The molecule has 0 atom stereocenters. The molecule has 0 spiro atoms. The van der Waals surface area contributed by atoms with Gasteiger partial charge in [0.15, 0.2) is 10.2 Å². The molecule has 2 rings (SSSR count). The summed E-state index contributed by atoms with van der Waals surface area (Å²) >= 11 is 5.85. The molecule has 0 unspecified atom stereocenters. The molecule has 28 heavy (non-hydrogen) atoms. The van der Waals surface area contributed by atoms with Crippen LogP contribution in [-0.4, -0.2) is 61.5 Å². The number of nitrogens with two attached hydrogens (primary N) is 1. The fourth-order valence-electron chi connectivity index (χ4n) is 2.15. The number of hydrogen-bond donors (Lipinski definition) is 1. The second-order valence-corrected chi connectivity index (χ2v) is 7.01. The van der Waals surface area contributed by atoms with Crippen LogP contribution < -0.4 is 19.5 Å². The van der Waals surface area contributed by atoms with Crippen LogP contribution in [0.15, 0.2) is 11.1 Å². The summed E-state index contributed by atoms with van der Waals surface area (Å²) in [6.07, 6.45) is 0. The van der Waals surface area contributed by atoms with Gasteiger partial charge < -0.3 is 19.9 Å². The molecule has 0 fully saturated rings. The first kappa shape index (κ1) is 21.2. The number of halogens is 1. The Bertz CT molecular complexity index is 1020. The Kier molecular flexibility index (Phi) is 5.94. The Morgan fingerprint density at radius 2 is 1.71 bits per heavy atom. The van der Waals surface area contributed by atoms with E-state index in [1.54, 1.807) is 0 Å². The van der Waals surface area contributed by atoms with E-state index >= 15 is 0 Å². The predicted octanol–water partition coefficient (Wildman–Crippen LogP) is -0.0587. The Hall–Kier alpha value is -3.13. The van der Waals surface area contributed by atoms with Crippen LogP contribution in [0.4, 0.5) is 10.7 Å². The zero-order valence-electron chi connectivity index (χ0n) is 15.0. The van der Waals surface area contributed by atoms with Gasteiger partial charge in [0.05, 0.1) is 27.4 Å². The highest BCUT2D eigenvalue weighted by Crippen LogP contribution is 2.30. The lowest BCUT2D eigenvalue weighted by molar-refractivity contribution is 0.0596. The standard InChI is InChI=1S/C13H15ClN6O7S/c1-19-10(8(9(14)18-19)11(21)27-4)28(23,24)20(12(15)22)13-16-6(25-2)5-7(17-13)26-3/h5H,1-4H3,(H2,15,22). The number of ether oxygens (including phenoxy) is 3. The van der Waals surface area contributed by atoms with Crippen molar-refractivity contribution in [3.05, 3.63) is 16.8 Å². The van der Waals surface area contributed by atoms with Crippen LogP contribution in [0, 0.1) is 0 Å². The number of rotatable bonds is 6. The molecule has 0 aromatic carbocycles. The zero-order valence-corrected chi connectivity index (χ0v) is 16.6. The topological polar surface area (TPSA) is 169 Å². The number of hydrogen-bond acceptors (Lipinski definition) is 10. The largest absolute Gasteiger partial charge is 0.481 e. The van der Waals surface area contributed by atoms with Crippen LogP contribution in [0.3, 0.4) is 0 Å². The smallest absolute Gasteiger partial charge is 0.344 e. The van der Waals surface area contributed by atoms with Gasteiger partial charge in [-0.25, -0.2) is 9.59 Å². The molecular formula is C13H15ClN6O7S. The van der Waals surface area contributed by atoms with E-state index in [4.69, 9.17) is 26.8 Å². The van der Waals surface area contributed by atoms with Gasteiger partial charge in [0.2, 0.25) is 11.8 Å². The van der Waals surface area contributed by atoms with Crippen molar-refractivity contribution in [1.82, 2.24) is 19.7 Å². The molecular weight excluding hydrogens is 420 g/mol. The van der Waals surface area contributed by atoms with E-state index in [0.717, 1.165) is 11.8 Å². The highest BCUT2D eigenvalue weighted by atomic mass is 35.5. The van der Waals surface area contributed by atoms with E-state index in [9.17, 15) is 18.0 Å². The number of methoxy groups -OCH3 is 3. The van der Waals surface area contributed by atoms with Crippen molar-refractivity contribution in [2.24, 2.45) is 12.8 Å². The average Bonchev–Trinajstić information content (AvgIpc) is 2.94. The third-order valence-corrected chi connectivity index (χ3v) is 5.34. The molecule has 2 heterocycles. The maximum atomic E-state index is 13.2. The summed E-state index contributed by atoms with van der Waals surface area (Å²) in [5, 5.41) is 2.47.